The Hall–Kier alpha value is -2.14. The molecule has 0 spiro atoms. The lowest BCUT2D eigenvalue weighted by atomic mass is 9.97. The minimum Gasteiger partial charge on any atom is -0.356 e. The van der Waals surface area contributed by atoms with Gasteiger partial charge in [0, 0.05) is 19.6 Å². The topological polar surface area (TPSA) is 49.4 Å². The van der Waals surface area contributed by atoms with E-state index in [0.717, 1.165) is 37.1 Å². The molecule has 1 aromatic carbocycles. The van der Waals surface area contributed by atoms with Gasteiger partial charge in [-0.25, -0.2) is 0 Å². The predicted molar refractivity (Wildman–Crippen MR) is 101 cm³/mol. The van der Waals surface area contributed by atoms with Crippen molar-refractivity contribution in [1.29, 1.82) is 0 Å². The zero-order valence-corrected chi connectivity index (χ0v) is 15.1. The summed E-state index contributed by atoms with van der Waals surface area (Å²) >= 11 is 1.46. The molecule has 1 saturated heterocycles. The average molecular weight is 356 g/mol. The monoisotopic (exact) mass is 356 g/mol. The Balaban J connectivity index is 1.43. The second-order valence-electron chi connectivity index (χ2n) is 6.45. The third-order valence-electron chi connectivity index (χ3n) is 4.60. The zero-order chi connectivity index (χ0) is 17.5. The van der Waals surface area contributed by atoms with Crippen molar-refractivity contribution in [3.63, 3.8) is 0 Å². The molecule has 1 unspecified atom stereocenters. The zero-order valence-electron chi connectivity index (χ0n) is 14.3. The summed E-state index contributed by atoms with van der Waals surface area (Å²) in [5.41, 5.74) is 1.29. The van der Waals surface area contributed by atoms with Crippen molar-refractivity contribution < 1.29 is 9.59 Å². The summed E-state index contributed by atoms with van der Waals surface area (Å²) in [5, 5.41) is 4.95. The molecule has 132 valence electrons. The minimum atomic E-state index is -0.0885. The molecule has 0 radical (unpaired) electrons. The number of amides is 2. The average Bonchev–Trinajstić information content (AvgIpc) is 3.20. The van der Waals surface area contributed by atoms with E-state index >= 15 is 0 Å². The van der Waals surface area contributed by atoms with Crippen LogP contribution in [0.5, 0.6) is 0 Å². The van der Waals surface area contributed by atoms with E-state index in [9.17, 15) is 9.59 Å². The van der Waals surface area contributed by atoms with Gasteiger partial charge in [0.2, 0.25) is 5.91 Å². The van der Waals surface area contributed by atoms with Crippen molar-refractivity contribution in [1.82, 2.24) is 10.2 Å². The van der Waals surface area contributed by atoms with Crippen molar-refractivity contribution >= 4 is 23.2 Å². The van der Waals surface area contributed by atoms with E-state index in [-0.39, 0.29) is 17.7 Å². The van der Waals surface area contributed by atoms with Crippen molar-refractivity contribution in [3.05, 3.63) is 58.3 Å². The van der Waals surface area contributed by atoms with Gasteiger partial charge in [0.25, 0.3) is 5.91 Å². The number of thiophene rings is 1. The van der Waals surface area contributed by atoms with Gasteiger partial charge in [-0.15, -0.1) is 11.3 Å². The van der Waals surface area contributed by atoms with Gasteiger partial charge < -0.3 is 10.2 Å². The van der Waals surface area contributed by atoms with E-state index in [1.165, 1.54) is 16.9 Å². The molecule has 2 amide bonds. The fourth-order valence-electron chi connectivity index (χ4n) is 3.22. The minimum absolute atomic E-state index is 0.0524. The summed E-state index contributed by atoms with van der Waals surface area (Å²) in [4.78, 5) is 27.4. The summed E-state index contributed by atoms with van der Waals surface area (Å²) in [6.45, 7) is 1.96. The van der Waals surface area contributed by atoms with Crippen LogP contribution in [-0.2, 0) is 11.2 Å². The van der Waals surface area contributed by atoms with Crippen LogP contribution in [0, 0.1) is 5.92 Å². The molecule has 1 aliphatic rings. The number of nitrogens with zero attached hydrogens (tertiary/aromatic N) is 1. The Bertz CT molecular complexity index is 685. The van der Waals surface area contributed by atoms with Crippen LogP contribution in [0.1, 0.15) is 34.5 Å². The molecule has 0 bridgehead atoms. The fourth-order valence-corrected chi connectivity index (χ4v) is 3.92. The highest BCUT2D eigenvalue weighted by atomic mass is 32.1. The maximum absolute atomic E-state index is 12.5. The highest BCUT2D eigenvalue weighted by Gasteiger charge is 2.28. The molecule has 3 rings (SSSR count). The fraction of sp³-hybridized carbons (Fsp3) is 0.400. The highest BCUT2D eigenvalue weighted by Crippen LogP contribution is 2.20. The summed E-state index contributed by atoms with van der Waals surface area (Å²) in [5.74, 6) is 0.0442. The van der Waals surface area contributed by atoms with Crippen molar-refractivity contribution in [3.8, 4) is 0 Å². The van der Waals surface area contributed by atoms with Crippen molar-refractivity contribution in [2.75, 3.05) is 19.6 Å². The van der Waals surface area contributed by atoms with Crippen LogP contribution in [0.2, 0.25) is 0 Å². The normalized spacial score (nSPS) is 17.3. The second-order valence-corrected chi connectivity index (χ2v) is 7.40. The summed E-state index contributed by atoms with van der Waals surface area (Å²) < 4.78 is 0. The van der Waals surface area contributed by atoms with Crippen LogP contribution in [0.4, 0.5) is 0 Å². The molecule has 0 saturated carbocycles. The van der Waals surface area contributed by atoms with Crippen LogP contribution < -0.4 is 5.32 Å². The van der Waals surface area contributed by atoms with E-state index in [1.54, 1.807) is 0 Å². The molecule has 1 N–H and O–H groups in total. The summed E-state index contributed by atoms with van der Waals surface area (Å²) in [6.07, 6.45) is 3.65. The Labute approximate surface area is 152 Å². The van der Waals surface area contributed by atoms with Crippen molar-refractivity contribution in [2.24, 2.45) is 5.92 Å². The molecule has 0 aliphatic carbocycles. The Morgan fingerprint density at radius 2 is 2.00 bits per heavy atom. The molecule has 2 heterocycles. The van der Waals surface area contributed by atoms with Gasteiger partial charge in [-0.1, -0.05) is 36.4 Å². The highest BCUT2D eigenvalue weighted by molar-refractivity contribution is 7.12. The number of nitrogens with one attached hydrogen (secondary N) is 1. The first-order chi connectivity index (χ1) is 12.2. The van der Waals surface area contributed by atoms with E-state index in [0.29, 0.717) is 13.1 Å². The lowest BCUT2D eigenvalue weighted by Gasteiger charge is -2.31. The SMILES string of the molecule is O=C(NCCCc1ccccc1)C1CCCN(C(=O)c2cccs2)C1. The first kappa shape index (κ1) is 17.7. The number of piperidine rings is 1. The van der Waals surface area contributed by atoms with Gasteiger partial charge in [0.1, 0.15) is 0 Å². The lowest BCUT2D eigenvalue weighted by molar-refractivity contribution is -0.126. The molecule has 1 atom stereocenters. The van der Waals surface area contributed by atoms with Gasteiger partial charge in [0.05, 0.1) is 10.8 Å². The number of benzene rings is 1. The number of carbonyl (C=O) groups is 2. The molecule has 1 fully saturated rings. The van der Waals surface area contributed by atoms with Gasteiger partial charge in [0.15, 0.2) is 0 Å². The summed E-state index contributed by atoms with van der Waals surface area (Å²) in [7, 11) is 0. The third kappa shape index (κ3) is 4.92. The number of carbonyl (C=O) groups excluding carboxylic acids is 2. The number of hydrogen-bond acceptors (Lipinski definition) is 3. The number of rotatable bonds is 6. The predicted octanol–water partition coefficient (Wildman–Crippen LogP) is 3.35. The molecule has 2 aromatic rings. The summed E-state index contributed by atoms with van der Waals surface area (Å²) in [6, 6.07) is 14.0. The van der Waals surface area contributed by atoms with Gasteiger partial charge >= 0.3 is 0 Å². The third-order valence-corrected chi connectivity index (χ3v) is 5.45. The standard InChI is InChI=1S/C20H24N2O2S/c23-19(21-12-4-9-16-7-2-1-3-8-16)17-10-5-13-22(15-17)20(24)18-11-6-14-25-18/h1-3,6-8,11,14,17H,4-5,9-10,12-13,15H2,(H,21,23). The molecular weight excluding hydrogens is 332 g/mol. The molecule has 1 aromatic heterocycles. The van der Waals surface area contributed by atoms with E-state index in [4.69, 9.17) is 0 Å². The molecule has 4 nitrogen and oxygen atoms in total. The van der Waals surface area contributed by atoms with Gasteiger partial charge in [-0.3, -0.25) is 9.59 Å². The van der Waals surface area contributed by atoms with Gasteiger partial charge in [-0.2, -0.15) is 0 Å². The van der Waals surface area contributed by atoms with E-state index in [1.807, 2.05) is 40.6 Å². The molecule has 1 aliphatic heterocycles. The van der Waals surface area contributed by atoms with Crippen LogP contribution in [0.3, 0.4) is 0 Å². The van der Waals surface area contributed by atoms with Crippen LogP contribution in [0.25, 0.3) is 0 Å². The van der Waals surface area contributed by atoms with Crippen LogP contribution in [-0.4, -0.2) is 36.3 Å². The maximum atomic E-state index is 12.5. The number of hydrogen-bond donors (Lipinski definition) is 1. The van der Waals surface area contributed by atoms with E-state index < -0.39 is 0 Å². The van der Waals surface area contributed by atoms with Gasteiger partial charge in [-0.05, 0) is 42.7 Å². The molecule has 5 heteroatoms. The van der Waals surface area contributed by atoms with Crippen LogP contribution >= 0.6 is 11.3 Å². The first-order valence-electron chi connectivity index (χ1n) is 8.88. The quantitative estimate of drug-likeness (QED) is 0.807. The van der Waals surface area contributed by atoms with Crippen LogP contribution in [0.15, 0.2) is 47.8 Å². The Morgan fingerprint density at radius 3 is 2.76 bits per heavy atom. The molecular formula is C20H24N2O2S. The van der Waals surface area contributed by atoms with E-state index in [2.05, 4.69) is 17.4 Å². The Morgan fingerprint density at radius 1 is 1.16 bits per heavy atom. The molecule has 25 heavy (non-hydrogen) atoms. The largest absolute Gasteiger partial charge is 0.356 e. The second kappa shape index (κ2) is 8.81. The smallest absolute Gasteiger partial charge is 0.263 e. The lowest BCUT2D eigenvalue weighted by Crippen LogP contribution is -2.45. The first-order valence-corrected chi connectivity index (χ1v) is 9.76. The maximum Gasteiger partial charge on any atom is 0.263 e. The Kier molecular flexibility index (Phi) is 6.23. The van der Waals surface area contributed by atoms with Crippen molar-refractivity contribution in [2.45, 2.75) is 25.7 Å². The number of likely N-dealkylation sites (tertiary alicyclic amines) is 1. The number of aryl methyl sites for hydroxylation is 1.